The Morgan fingerprint density at radius 3 is 2.44 bits per heavy atom. The van der Waals surface area contributed by atoms with Crippen molar-refractivity contribution >= 4 is 17.6 Å². The van der Waals surface area contributed by atoms with E-state index in [9.17, 15) is 9.59 Å². The van der Waals surface area contributed by atoms with Crippen molar-refractivity contribution < 1.29 is 23.8 Å². The van der Waals surface area contributed by atoms with Gasteiger partial charge >= 0.3 is 5.97 Å². The molecule has 0 heterocycles. The molecule has 0 aliphatic carbocycles. The molecule has 2 aromatic carbocycles. The third-order valence-electron chi connectivity index (χ3n) is 4.34. The molecule has 0 saturated heterocycles. The van der Waals surface area contributed by atoms with Crippen molar-refractivity contribution in [2.75, 3.05) is 26.1 Å². The van der Waals surface area contributed by atoms with Gasteiger partial charge in [-0.2, -0.15) is 0 Å². The van der Waals surface area contributed by atoms with E-state index in [2.05, 4.69) is 19.2 Å². The van der Waals surface area contributed by atoms with Gasteiger partial charge in [0.25, 0.3) is 5.91 Å². The van der Waals surface area contributed by atoms with Crippen LogP contribution in [0.25, 0.3) is 0 Å². The number of rotatable bonds is 8. The van der Waals surface area contributed by atoms with Crippen LogP contribution in [0, 0.1) is 0 Å². The van der Waals surface area contributed by atoms with E-state index in [1.54, 1.807) is 18.2 Å². The molecule has 0 unspecified atom stereocenters. The summed E-state index contributed by atoms with van der Waals surface area (Å²) in [6, 6.07) is 12.5. The van der Waals surface area contributed by atoms with Crippen molar-refractivity contribution in [3.8, 4) is 11.5 Å². The maximum atomic E-state index is 12.3. The van der Waals surface area contributed by atoms with Crippen LogP contribution in [0.3, 0.4) is 0 Å². The van der Waals surface area contributed by atoms with Crippen molar-refractivity contribution in [2.24, 2.45) is 0 Å². The van der Waals surface area contributed by atoms with Gasteiger partial charge in [0, 0.05) is 5.69 Å². The van der Waals surface area contributed by atoms with Crippen LogP contribution < -0.4 is 14.8 Å². The van der Waals surface area contributed by atoms with Gasteiger partial charge in [0.05, 0.1) is 14.2 Å². The van der Waals surface area contributed by atoms with Gasteiger partial charge in [-0.1, -0.05) is 38.1 Å². The third kappa shape index (κ3) is 5.00. The average Bonchev–Trinajstić information content (AvgIpc) is 2.71. The molecule has 27 heavy (non-hydrogen) atoms. The number of benzene rings is 2. The largest absolute Gasteiger partial charge is 0.493 e. The highest BCUT2D eigenvalue weighted by atomic mass is 16.5. The molecule has 0 aliphatic rings. The molecule has 0 aromatic heterocycles. The second kappa shape index (κ2) is 9.62. The first-order chi connectivity index (χ1) is 13.0. The second-order valence-corrected chi connectivity index (χ2v) is 6.06. The number of hydrogen-bond acceptors (Lipinski definition) is 5. The summed E-state index contributed by atoms with van der Waals surface area (Å²) in [7, 11) is 2.92. The van der Waals surface area contributed by atoms with Gasteiger partial charge in [-0.25, -0.2) is 4.79 Å². The molecular formula is C21H25NO5. The number of methoxy groups -OCH3 is 2. The van der Waals surface area contributed by atoms with E-state index < -0.39 is 18.5 Å². The highest BCUT2D eigenvalue weighted by Gasteiger charge is 2.19. The fourth-order valence-corrected chi connectivity index (χ4v) is 2.70. The SMILES string of the molecule is CC[C@H](C)c1ccccc1NC(=O)COC(=O)c1cccc(OC)c1OC. The Labute approximate surface area is 159 Å². The highest BCUT2D eigenvalue weighted by Crippen LogP contribution is 2.31. The van der Waals surface area contributed by atoms with Crippen LogP contribution in [-0.4, -0.2) is 32.7 Å². The molecule has 144 valence electrons. The smallest absolute Gasteiger partial charge is 0.342 e. The third-order valence-corrected chi connectivity index (χ3v) is 4.34. The first kappa shape index (κ1) is 20.3. The van der Waals surface area contributed by atoms with Crippen LogP contribution in [0.15, 0.2) is 42.5 Å². The zero-order valence-electron chi connectivity index (χ0n) is 16.1. The van der Waals surface area contributed by atoms with Crippen LogP contribution in [0.1, 0.15) is 42.1 Å². The van der Waals surface area contributed by atoms with E-state index in [1.807, 2.05) is 24.3 Å². The maximum absolute atomic E-state index is 12.3. The number of hydrogen-bond donors (Lipinski definition) is 1. The zero-order chi connectivity index (χ0) is 19.8. The minimum atomic E-state index is -0.656. The Kier molecular flexibility index (Phi) is 7.23. The molecule has 1 amide bonds. The number of nitrogens with one attached hydrogen (secondary N) is 1. The second-order valence-electron chi connectivity index (χ2n) is 6.06. The number of ether oxygens (including phenoxy) is 3. The van der Waals surface area contributed by atoms with E-state index in [0.29, 0.717) is 11.7 Å². The summed E-state index contributed by atoms with van der Waals surface area (Å²) in [5.41, 5.74) is 1.98. The fraction of sp³-hybridized carbons (Fsp3) is 0.333. The van der Waals surface area contributed by atoms with E-state index in [4.69, 9.17) is 14.2 Å². The Balaban J connectivity index is 2.04. The summed E-state index contributed by atoms with van der Waals surface area (Å²) in [6.07, 6.45) is 0.956. The van der Waals surface area contributed by atoms with Crippen LogP contribution in [0.5, 0.6) is 11.5 Å². The first-order valence-corrected chi connectivity index (χ1v) is 8.78. The molecule has 6 heteroatoms. The molecule has 0 saturated carbocycles. The standard InChI is InChI=1S/C21H25NO5/c1-5-14(2)15-9-6-7-11-17(15)22-19(23)13-27-21(24)16-10-8-12-18(25-3)20(16)26-4/h6-12,14H,5,13H2,1-4H3,(H,22,23)/t14-/m0/s1. The van der Waals surface area contributed by atoms with Crippen molar-refractivity contribution in [3.05, 3.63) is 53.6 Å². The van der Waals surface area contributed by atoms with Gasteiger partial charge in [0.2, 0.25) is 0 Å². The van der Waals surface area contributed by atoms with E-state index in [1.165, 1.54) is 14.2 Å². The number of para-hydroxylation sites is 2. The molecule has 0 spiro atoms. The predicted molar refractivity (Wildman–Crippen MR) is 104 cm³/mol. The summed E-state index contributed by atoms with van der Waals surface area (Å²) in [6.45, 7) is 3.79. The molecule has 1 atom stereocenters. The summed E-state index contributed by atoms with van der Waals surface area (Å²) in [5, 5.41) is 2.81. The van der Waals surface area contributed by atoms with Crippen LogP contribution in [0.2, 0.25) is 0 Å². The monoisotopic (exact) mass is 371 g/mol. The van der Waals surface area contributed by atoms with E-state index in [0.717, 1.165) is 17.7 Å². The van der Waals surface area contributed by atoms with E-state index in [-0.39, 0.29) is 11.3 Å². The summed E-state index contributed by atoms with van der Waals surface area (Å²) in [4.78, 5) is 24.6. The first-order valence-electron chi connectivity index (χ1n) is 8.78. The summed E-state index contributed by atoms with van der Waals surface area (Å²) < 4.78 is 15.5. The number of carbonyl (C=O) groups is 2. The quantitative estimate of drug-likeness (QED) is 0.710. The maximum Gasteiger partial charge on any atom is 0.342 e. The number of carbonyl (C=O) groups excluding carboxylic acids is 2. The van der Waals surface area contributed by atoms with Crippen LogP contribution in [-0.2, 0) is 9.53 Å². The van der Waals surface area contributed by atoms with Gasteiger partial charge in [0.15, 0.2) is 18.1 Å². The number of amides is 1. The Bertz CT molecular complexity index is 803. The lowest BCUT2D eigenvalue weighted by Gasteiger charge is -2.16. The lowest BCUT2D eigenvalue weighted by molar-refractivity contribution is -0.119. The predicted octanol–water partition coefficient (Wildman–Crippen LogP) is 4.01. The normalized spacial score (nSPS) is 11.4. The topological polar surface area (TPSA) is 73.9 Å². The van der Waals surface area contributed by atoms with Gasteiger partial charge in [0.1, 0.15) is 5.56 Å². The van der Waals surface area contributed by atoms with Crippen molar-refractivity contribution in [2.45, 2.75) is 26.2 Å². The summed E-state index contributed by atoms with van der Waals surface area (Å²) >= 11 is 0. The Morgan fingerprint density at radius 1 is 1.04 bits per heavy atom. The average molecular weight is 371 g/mol. The van der Waals surface area contributed by atoms with Crippen molar-refractivity contribution in [1.82, 2.24) is 0 Å². The van der Waals surface area contributed by atoms with E-state index >= 15 is 0 Å². The molecule has 1 N–H and O–H groups in total. The van der Waals surface area contributed by atoms with Crippen LogP contribution in [0.4, 0.5) is 5.69 Å². The molecular weight excluding hydrogens is 346 g/mol. The highest BCUT2D eigenvalue weighted by molar-refractivity contribution is 5.97. The molecule has 0 aliphatic heterocycles. The van der Waals surface area contributed by atoms with Gasteiger partial charge in [-0.15, -0.1) is 0 Å². The molecule has 2 aromatic rings. The molecule has 0 fully saturated rings. The number of esters is 1. The summed E-state index contributed by atoms with van der Waals surface area (Å²) in [5.74, 6) is -0.0615. The minimum absolute atomic E-state index is 0.199. The number of anilines is 1. The Hall–Kier alpha value is -3.02. The van der Waals surface area contributed by atoms with Crippen molar-refractivity contribution in [3.63, 3.8) is 0 Å². The van der Waals surface area contributed by atoms with Gasteiger partial charge in [-0.05, 0) is 36.1 Å². The lowest BCUT2D eigenvalue weighted by Crippen LogP contribution is -2.22. The Morgan fingerprint density at radius 2 is 1.78 bits per heavy atom. The fourth-order valence-electron chi connectivity index (χ4n) is 2.70. The molecule has 6 nitrogen and oxygen atoms in total. The van der Waals surface area contributed by atoms with Crippen molar-refractivity contribution in [1.29, 1.82) is 0 Å². The lowest BCUT2D eigenvalue weighted by atomic mass is 9.97. The van der Waals surface area contributed by atoms with Gasteiger partial charge in [-0.3, -0.25) is 4.79 Å². The molecule has 0 radical (unpaired) electrons. The van der Waals surface area contributed by atoms with Gasteiger partial charge < -0.3 is 19.5 Å². The van der Waals surface area contributed by atoms with Crippen LogP contribution >= 0.6 is 0 Å². The molecule has 0 bridgehead atoms. The molecule has 2 rings (SSSR count). The zero-order valence-corrected chi connectivity index (χ0v) is 16.1. The minimum Gasteiger partial charge on any atom is -0.493 e.